The quantitative estimate of drug-likeness (QED) is 0.500. The molecule has 0 bridgehead atoms. The molecule has 1 amide bonds. The van der Waals surface area contributed by atoms with Crippen LogP contribution in [0.1, 0.15) is 46.5 Å². The van der Waals surface area contributed by atoms with Crippen LogP contribution in [0.5, 0.6) is 0 Å². The zero-order valence-corrected chi connectivity index (χ0v) is 12.4. The van der Waals surface area contributed by atoms with Gasteiger partial charge in [0.15, 0.2) is 0 Å². The summed E-state index contributed by atoms with van der Waals surface area (Å²) in [4.78, 5) is 22.0. The summed E-state index contributed by atoms with van der Waals surface area (Å²) >= 11 is 0. The molecule has 0 aromatic carbocycles. The van der Waals surface area contributed by atoms with E-state index in [1.54, 1.807) is 0 Å². The van der Waals surface area contributed by atoms with Crippen molar-refractivity contribution in [3.63, 3.8) is 0 Å². The van der Waals surface area contributed by atoms with Gasteiger partial charge in [-0.2, -0.15) is 0 Å². The average Bonchev–Trinajstić information content (AvgIpc) is 2.33. The molecule has 0 radical (unpaired) electrons. The predicted molar refractivity (Wildman–Crippen MR) is 76.0 cm³/mol. The lowest BCUT2D eigenvalue weighted by Gasteiger charge is -2.20. The summed E-state index contributed by atoms with van der Waals surface area (Å²) in [6.45, 7) is 8.07. The van der Waals surface area contributed by atoms with Gasteiger partial charge in [0.05, 0.1) is 6.54 Å². The molecule has 0 spiro atoms. The molecule has 5 nitrogen and oxygen atoms in total. The number of carboxylic acids is 1. The van der Waals surface area contributed by atoms with Crippen LogP contribution in [0.3, 0.4) is 0 Å². The average molecular weight is 272 g/mol. The molecule has 112 valence electrons. The van der Waals surface area contributed by atoms with E-state index in [1.165, 1.54) is 0 Å². The Labute approximate surface area is 116 Å². The largest absolute Gasteiger partial charge is 0.481 e. The standard InChI is InChI=1S/C14H28N2O3/c1-4-8-15-10-13(17)16-9-7-12(11(2)3)5-6-14(18)19/h11-12,15H,4-10H2,1-3H3,(H,16,17)(H,18,19). The van der Waals surface area contributed by atoms with Gasteiger partial charge in [0, 0.05) is 13.0 Å². The molecule has 0 aliphatic rings. The number of hydrogen-bond donors (Lipinski definition) is 3. The van der Waals surface area contributed by atoms with E-state index in [4.69, 9.17) is 5.11 Å². The highest BCUT2D eigenvalue weighted by Gasteiger charge is 2.15. The van der Waals surface area contributed by atoms with Gasteiger partial charge < -0.3 is 15.7 Å². The second-order valence-electron chi connectivity index (χ2n) is 5.25. The molecule has 1 atom stereocenters. The van der Waals surface area contributed by atoms with Gasteiger partial charge in [-0.3, -0.25) is 9.59 Å². The molecule has 19 heavy (non-hydrogen) atoms. The Bertz CT molecular complexity index is 267. The molecule has 3 N–H and O–H groups in total. The Balaban J connectivity index is 3.79. The monoisotopic (exact) mass is 272 g/mol. The number of rotatable bonds is 11. The van der Waals surface area contributed by atoms with Crippen LogP contribution in [-0.2, 0) is 9.59 Å². The van der Waals surface area contributed by atoms with Gasteiger partial charge in [-0.15, -0.1) is 0 Å². The van der Waals surface area contributed by atoms with Crippen LogP contribution in [0.15, 0.2) is 0 Å². The first-order chi connectivity index (χ1) is 8.97. The third-order valence-corrected chi connectivity index (χ3v) is 3.22. The second-order valence-corrected chi connectivity index (χ2v) is 5.25. The Morgan fingerprint density at radius 3 is 2.37 bits per heavy atom. The fraction of sp³-hybridized carbons (Fsp3) is 0.857. The highest BCUT2D eigenvalue weighted by Crippen LogP contribution is 2.20. The number of amides is 1. The van der Waals surface area contributed by atoms with Crippen molar-refractivity contribution in [2.45, 2.75) is 46.5 Å². The van der Waals surface area contributed by atoms with Crippen molar-refractivity contribution < 1.29 is 14.7 Å². The number of carbonyl (C=O) groups excluding carboxylic acids is 1. The molecular formula is C14H28N2O3. The first-order valence-electron chi connectivity index (χ1n) is 7.16. The van der Waals surface area contributed by atoms with Gasteiger partial charge in [0.2, 0.25) is 5.91 Å². The molecule has 0 aliphatic heterocycles. The Hall–Kier alpha value is -1.10. The zero-order chi connectivity index (χ0) is 14.7. The topological polar surface area (TPSA) is 78.4 Å². The Morgan fingerprint density at radius 1 is 1.16 bits per heavy atom. The van der Waals surface area contributed by atoms with Crippen LogP contribution in [0.2, 0.25) is 0 Å². The van der Waals surface area contributed by atoms with Crippen molar-refractivity contribution in [3.05, 3.63) is 0 Å². The Kier molecular flexibility index (Phi) is 10.2. The first kappa shape index (κ1) is 17.9. The summed E-state index contributed by atoms with van der Waals surface area (Å²) < 4.78 is 0. The van der Waals surface area contributed by atoms with Gasteiger partial charge in [-0.1, -0.05) is 20.8 Å². The summed E-state index contributed by atoms with van der Waals surface area (Å²) in [5.74, 6) is 0.0436. The van der Waals surface area contributed by atoms with Crippen molar-refractivity contribution in [1.82, 2.24) is 10.6 Å². The maximum atomic E-state index is 11.5. The molecule has 0 aliphatic carbocycles. The first-order valence-corrected chi connectivity index (χ1v) is 7.16. The number of nitrogens with one attached hydrogen (secondary N) is 2. The van der Waals surface area contributed by atoms with Gasteiger partial charge in [0.25, 0.3) is 0 Å². The molecule has 0 aromatic rings. The lowest BCUT2D eigenvalue weighted by Crippen LogP contribution is -2.35. The summed E-state index contributed by atoms with van der Waals surface area (Å²) in [7, 11) is 0. The summed E-state index contributed by atoms with van der Waals surface area (Å²) in [6, 6.07) is 0. The van der Waals surface area contributed by atoms with Gasteiger partial charge >= 0.3 is 5.97 Å². The minimum absolute atomic E-state index is 0.00851. The minimum atomic E-state index is -0.751. The van der Waals surface area contributed by atoms with Crippen LogP contribution in [0.25, 0.3) is 0 Å². The fourth-order valence-corrected chi connectivity index (χ4v) is 1.96. The van der Waals surface area contributed by atoms with Crippen molar-refractivity contribution >= 4 is 11.9 Å². The van der Waals surface area contributed by atoms with Crippen molar-refractivity contribution in [2.24, 2.45) is 11.8 Å². The summed E-state index contributed by atoms with van der Waals surface area (Å²) in [5, 5.41) is 14.6. The number of hydrogen-bond acceptors (Lipinski definition) is 3. The van der Waals surface area contributed by atoms with Gasteiger partial charge in [-0.05, 0) is 37.6 Å². The van der Waals surface area contributed by atoms with Crippen molar-refractivity contribution in [2.75, 3.05) is 19.6 Å². The van der Waals surface area contributed by atoms with E-state index in [1.807, 2.05) is 0 Å². The second kappa shape index (κ2) is 10.8. The molecule has 0 fully saturated rings. The summed E-state index contributed by atoms with van der Waals surface area (Å²) in [6.07, 6.45) is 2.73. The minimum Gasteiger partial charge on any atom is -0.481 e. The number of carbonyl (C=O) groups is 2. The number of carboxylic acid groups (broad SMARTS) is 1. The van der Waals surface area contributed by atoms with E-state index < -0.39 is 5.97 Å². The number of aliphatic carboxylic acids is 1. The molecule has 0 rings (SSSR count). The van der Waals surface area contributed by atoms with E-state index >= 15 is 0 Å². The molecular weight excluding hydrogens is 244 g/mol. The van der Waals surface area contributed by atoms with Gasteiger partial charge in [-0.25, -0.2) is 0 Å². The third-order valence-electron chi connectivity index (χ3n) is 3.22. The van der Waals surface area contributed by atoms with E-state index in [9.17, 15) is 9.59 Å². The smallest absolute Gasteiger partial charge is 0.303 e. The molecule has 0 aromatic heterocycles. The highest BCUT2D eigenvalue weighted by atomic mass is 16.4. The molecule has 0 saturated carbocycles. The van der Waals surface area contributed by atoms with Crippen LogP contribution in [-0.4, -0.2) is 36.6 Å². The third kappa shape index (κ3) is 10.5. The SMILES string of the molecule is CCCNCC(=O)NCCC(CCC(=O)O)C(C)C. The highest BCUT2D eigenvalue weighted by molar-refractivity contribution is 5.77. The maximum Gasteiger partial charge on any atom is 0.303 e. The predicted octanol–water partition coefficient (Wildman–Crippen LogP) is 1.63. The van der Waals surface area contributed by atoms with Crippen LogP contribution in [0, 0.1) is 11.8 Å². The normalized spacial score (nSPS) is 12.4. The van der Waals surface area contributed by atoms with Crippen LogP contribution >= 0.6 is 0 Å². The Morgan fingerprint density at radius 2 is 1.84 bits per heavy atom. The van der Waals surface area contributed by atoms with E-state index in [-0.39, 0.29) is 12.3 Å². The molecule has 0 saturated heterocycles. The van der Waals surface area contributed by atoms with Gasteiger partial charge in [0.1, 0.15) is 0 Å². The summed E-state index contributed by atoms with van der Waals surface area (Å²) in [5.41, 5.74) is 0. The van der Waals surface area contributed by atoms with Crippen molar-refractivity contribution in [3.8, 4) is 0 Å². The lowest BCUT2D eigenvalue weighted by molar-refractivity contribution is -0.137. The zero-order valence-electron chi connectivity index (χ0n) is 12.4. The maximum absolute atomic E-state index is 11.5. The molecule has 1 unspecified atom stereocenters. The van der Waals surface area contributed by atoms with E-state index in [2.05, 4.69) is 31.4 Å². The molecule has 0 heterocycles. The lowest BCUT2D eigenvalue weighted by atomic mass is 9.88. The fourth-order valence-electron chi connectivity index (χ4n) is 1.96. The van der Waals surface area contributed by atoms with E-state index in [0.29, 0.717) is 31.3 Å². The van der Waals surface area contributed by atoms with E-state index in [0.717, 1.165) is 19.4 Å². The van der Waals surface area contributed by atoms with Crippen LogP contribution in [0.4, 0.5) is 0 Å². The molecule has 5 heteroatoms. The van der Waals surface area contributed by atoms with Crippen molar-refractivity contribution in [1.29, 1.82) is 0 Å². The van der Waals surface area contributed by atoms with Crippen LogP contribution < -0.4 is 10.6 Å².